The van der Waals surface area contributed by atoms with Gasteiger partial charge in [-0.25, -0.2) is 15.0 Å². The Morgan fingerprint density at radius 3 is 3.24 bits per heavy atom. The number of hydrogen-bond acceptors (Lipinski definition) is 5. The van der Waals surface area contributed by atoms with Crippen LogP contribution in [0.15, 0.2) is 31.0 Å². The van der Waals surface area contributed by atoms with E-state index in [1.807, 2.05) is 16.8 Å². The first-order chi connectivity index (χ1) is 10.4. The zero-order valence-corrected chi connectivity index (χ0v) is 11.7. The van der Waals surface area contributed by atoms with E-state index in [0.717, 1.165) is 36.6 Å². The number of nitrogens with one attached hydrogen (secondary N) is 1. The van der Waals surface area contributed by atoms with Crippen molar-refractivity contribution in [1.29, 1.82) is 0 Å². The summed E-state index contributed by atoms with van der Waals surface area (Å²) in [5.41, 5.74) is 1.79. The molecule has 0 amide bonds. The number of likely N-dealkylation sites (tertiary alicyclic amines) is 1. The lowest BCUT2D eigenvalue weighted by Gasteiger charge is -2.23. The molecule has 1 aliphatic heterocycles. The first-order valence-electron chi connectivity index (χ1n) is 7.24. The third kappa shape index (κ3) is 2.52. The summed E-state index contributed by atoms with van der Waals surface area (Å²) in [5.74, 6) is 0.981. The zero-order valence-electron chi connectivity index (χ0n) is 11.7. The summed E-state index contributed by atoms with van der Waals surface area (Å²) in [7, 11) is 0. The number of imidazole rings is 1. The van der Waals surface area contributed by atoms with Crippen LogP contribution in [0.1, 0.15) is 18.7 Å². The highest BCUT2D eigenvalue weighted by molar-refractivity contribution is 5.69. The Bertz CT molecular complexity index is 685. The second kappa shape index (κ2) is 5.25. The predicted molar refractivity (Wildman–Crippen MR) is 77.3 cm³/mol. The van der Waals surface area contributed by atoms with Gasteiger partial charge in [-0.05, 0) is 31.5 Å². The molecule has 4 heterocycles. The van der Waals surface area contributed by atoms with Crippen LogP contribution in [-0.2, 0) is 13.1 Å². The van der Waals surface area contributed by atoms with Gasteiger partial charge in [0.25, 0.3) is 0 Å². The van der Waals surface area contributed by atoms with Gasteiger partial charge in [0.1, 0.15) is 18.5 Å². The standard InChI is InChI=1S/C14H17N7/c1-4-12-14(16-5-1)19-13(18-12)8-20-6-2-3-11(20)7-21-10-15-9-17-21/h1,4-5,9-11H,2-3,6-8H2,(H,16,18,19)/t11-/m0/s1. The van der Waals surface area contributed by atoms with E-state index < -0.39 is 0 Å². The molecule has 0 unspecified atom stereocenters. The smallest absolute Gasteiger partial charge is 0.177 e. The summed E-state index contributed by atoms with van der Waals surface area (Å²) in [6.45, 7) is 2.82. The molecule has 1 aliphatic rings. The maximum absolute atomic E-state index is 4.56. The van der Waals surface area contributed by atoms with Crippen LogP contribution < -0.4 is 0 Å². The van der Waals surface area contributed by atoms with Crippen molar-refractivity contribution in [3.8, 4) is 0 Å². The molecule has 0 aromatic carbocycles. The van der Waals surface area contributed by atoms with Gasteiger partial charge in [0.05, 0.1) is 18.6 Å². The number of aromatic amines is 1. The normalized spacial score (nSPS) is 19.5. The van der Waals surface area contributed by atoms with Crippen molar-refractivity contribution in [1.82, 2.24) is 34.6 Å². The van der Waals surface area contributed by atoms with Gasteiger partial charge in [-0.15, -0.1) is 0 Å². The summed E-state index contributed by atoms with van der Waals surface area (Å²) in [6.07, 6.45) is 7.55. The molecule has 0 bridgehead atoms. The van der Waals surface area contributed by atoms with Crippen LogP contribution in [0.4, 0.5) is 0 Å². The number of rotatable bonds is 4. The van der Waals surface area contributed by atoms with Crippen LogP contribution >= 0.6 is 0 Å². The van der Waals surface area contributed by atoms with Gasteiger partial charge in [-0.3, -0.25) is 9.58 Å². The minimum Gasteiger partial charge on any atom is -0.340 e. The summed E-state index contributed by atoms with van der Waals surface area (Å²) in [6, 6.07) is 4.43. The van der Waals surface area contributed by atoms with Crippen LogP contribution in [0.2, 0.25) is 0 Å². The third-order valence-corrected chi connectivity index (χ3v) is 4.02. The van der Waals surface area contributed by atoms with E-state index in [-0.39, 0.29) is 0 Å². The van der Waals surface area contributed by atoms with E-state index in [0.29, 0.717) is 6.04 Å². The Hall–Kier alpha value is -2.28. The predicted octanol–water partition coefficient (Wildman–Crippen LogP) is 1.21. The lowest BCUT2D eigenvalue weighted by Crippen LogP contribution is -2.33. The average Bonchev–Trinajstić information content (AvgIpc) is 3.21. The Morgan fingerprint density at radius 2 is 2.38 bits per heavy atom. The molecule has 3 aromatic heterocycles. The number of pyridine rings is 1. The fraction of sp³-hybridized carbons (Fsp3) is 0.429. The SMILES string of the molecule is c1cnc2nc(CN3CCC[C@H]3Cn3cncn3)[nH]c2c1. The quantitative estimate of drug-likeness (QED) is 0.779. The monoisotopic (exact) mass is 283 g/mol. The molecule has 0 spiro atoms. The molecule has 7 heteroatoms. The minimum atomic E-state index is 0.493. The minimum absolute atomic E-state index is 0.493. The number of fused-ring (bicyclic) bond motifs is 1. The van der Waals surface area contributed by atoms with Crippen molar-refractivity contribution in [2.45, 2.75) is 32.0 Å². The second-order valence-corrected chi connectivity index (χ2v) is 5.44. The Morgan fingerprint density at radius 1 is 1.38 bits per heavy atom. The fourth-order valence-corrected chi connectivity index (χ4v) is 3.02. The van der Waals surface area contributed by atoms with Gasteiger partial charge in [0.15, 0.2) is 5.65 Å². The van der Waals surface area contributed by atoms with Gasteiger partial charge < -0.3 is 4.98 Å². The average molecular weight is 283 g/mol. The highest BCUT2D eigenvalue weighted by Crippen LogP contribution is 2.21. The van der Waals surface area contributed by atoms with Crippen molar-refractivity contribution in [2.24, 2.45) is 0 Å². The maximum Gasteiger partial charge on any atom is 0.177 e. The van der Waals surface area contributed by atoms with Crippen LogP contribution in [-0.4, -0.2) is 47.2 Å². The Kier molecular flexibility index (Phi) is 3.11. The summed E-state index contributed by atoms with van der Waals surface area (Å²) < 4.78 is 1.91. The lowest BCUT2D eigenvalue weighted by molar-refractivity contribution is 0.215. The van der Waals surface area contributed by atoms with Gasteiger partial charge in [0.2, 0.25) is 0 Å². The molecule has 1 saturated heterocycles. The number of aromatic nitrogens is 6. The van der Waals surface area contributed by atoms with Crippen molar-refractivity contribution in [3.63, 3.8) is 0 Å². The molecule has 1 atom stereocenters. The largest absolute Gasteiger partial charge is 0.340 e. The highest BCUT2D eigenvalue weighted by atomic mass is 15.3. The highest BCUT2D eigenvalue weighted by Gasteiger charge is 2.25. The number of H-pyrrole nitrogens is 1. The van der Waals surface area contributed by atoms with Crippen LogP contribution in [0.25, 0.3) is 11.2 Å². The molecule has 0 radical (unpaired) electrons. The molecule has 7 nitrogen and oxygen atoms in total. The van der Waals surface area contributed by atoms with Crippen molar-refractivity contribution >= 4 is 11.2 Å². The van der Waals surface area contributed by atoms with Crippen molar-refractivity contribution < 1.29 is 0 Å². The Balaban J connectivity index is 1.49. The van der Waals surface area contributed by atoms with E-state index in [9.17, 15) is 0 Å². The van der Waals surface area contributed by atoms with E-state index >= 15 is 0 Å². The first-order valence-corrected chi connectivity index (χ1v) is 7.24. The van der Waals surface area contributed by atoms with E-state index in [1.54, 1.807) is 18.9 Å². The van der Waals surface area contributed by atoms with Gasteiger partial charge >= 0.3 is 0 Å². The summed E-state index contributed by atoms with van der Waals surface area (Å²) in [4.78, 5) is 18.7. The van der Waals surface area contributed by atoms with Crippen molar-refractivity contribution in [2.75, 3.05) is 6.54 Å². The first kappa shape index (κ1) is 12.5. The van der Waals surface area contributed by atoms with E-state index in [1.165, 1.54) is 12.8 Å². The number of nitrogens with zero attached hydrogens (tertiary/aromatic N) is 6. The van der Waals surface area contributed by atoms with Crippen LogP contribution in [0.5, 0.6) is 0 Å². The second-order valence-electron chi connectivity index (χ2n) is 5.44. The Labute approximate surface area is 122 Å². The number of hydrogen-bond donors (Lipinski definition) is 1. The van der Waals surface area contributed by atoms with Crippen molar-refractivity contribution in [3.05, 3.63) is 36.8 Å². The van der Waals surface area contributed by atoms with E-state index in [4.69, 9.17) is 0 Å². The summed E-state index contributed by atoms with van der Waals surface area (Å²) in [5, 5.41) is 4.20. The molecule has 0 saturated carbocycles. The third-order valence-electron chi connectivity index (χ3n) is 4.02. The van der Waals surface area contributed by atoms with Gasteiger partial charge in [0, 0.05) is 12.2 Å². The molecular formula is C14H17N7. The van der Waals surface area contributed by atoms with Gasteiger partial charge in [-0.1, -0.05) is 0 Å². The molecular weight excluding hydrogens is 266 g/mol. The topological polar surface area (TPSA) is 75.5 Å². The zero-order chi connectivity index (χ0) is 14.1. The summed E-state index contributed by atoms with van der Waals surface area (Å²) >= 11 is 0. The molecule has 4 rings (SSSR count). The fourth-order valence-electron chi connectivity index (χ4n) is 3.02. The molecule has 21 heavy (non-hydrogen) atoms. The van der Waals surface area contributed by atoms with Gasteiger partial charge in [-0.2, -0.15) is 5.10 Å². The van der Waals surface area contributed by atoms with E-state index in [2.05, 4.69) is 29.9 Å². The van der Waals surface area contributed by atoms with Crippen LogP contribution in [0.3, 0.4) is 0 Å². The molecule has 1 fully saturated rings. The van der Waals surface area contributed by atoms with Crippen LogP contribution in [0, 0.1) is 0 Å². The molecule has 3 aromatic rings. The molecule has 1 N–H and O–H groups in total. The molecule has 108 valence electrons. The lowest BCUT2D eigenvalue weighted by atomic mass is 10.2. The maximum atomic E-state index is 4.56. The molecule has 0 aliphatic carbocycles.